The first kappa shape index (κ1) is 13.2. The van der Waals surface area contributed by atoms with E-state index in [1.165, 1.54) is 11.8 Å². The second-order valence-electron chi connectivity index (χ2n) is 4.53. The Labute approximate surface area is 110 Å². The molecule has 0 fully saturated rings. The summed E-state index contributed by atoms with van der Waals surface area (Å²) in [7, 11) is 1.63. The minimum absolute atomic E-state index is 0.0476. The Bertz CT molecular complexity index is 539. The summed E-state index contributed by atoms with van der Waals surface area (Å²) in [5, 5.41) is 9.89. The van der Waals surface area contributed by atoms with E-state index in [0.717, 1.165) is 21.9 Å². The van der Waals surface area contributed by atoms with Crippen LogP contribution in [0.25, 0.3) is 11.0 Å². The second-order valence-corrected chi connectivity index (χ2v) is 5.49. The van der Waals surface area contributed by atoms with Crippen LogP contribution in [0, 0.1) is 0 Å². The van der Waals surface area contributed by atoms with Crippen LogP contribution in [0.4, 0.5) is 0 Å². The highest BCUT2D eigenvalue weighted by molar-refractivity contribution is 7.99. The average Bonchev–Trinajstić information content (AvgIpc) is 2.78. The molecule has 0 saturated heterocycles. The van der Waals surface area contributed by atoms with Gasteiger partial charge in [-0.25, -0.2) is 4.98 Å². The highest BCUT2D eigenvalue weighted by Crippen LogP contribution is 2.24. The van der Waals surface area contributed by atoms with E-state index in [1.54, 1.807) is 7.11 Å². The van der Waals surface area contributed by atoms with Gasteiger partial charge in [-0.05, 0) is 19.1 Å². The Morgan fingerprint density at radius 1 is 1.56 bits per heavy atom. The molecule has 1 unspecified atom stereocenters. The van der Waals surface area contributed by atoms with Gasteiger partial charge in [-0.15, -0.1) is 0 Å². The number of aromatic nitrogens is 2. The Morgan fingerprint density at radius 3 is 3.00 bits per heavy atom. The number of fused-ring (bicyclic) bond motifs is 1. The zero-order valence-corrected chi connectivity index (χ0v) is 11.3. The minimum atomic E-state index is -0.596. The molecule has 0 aliphatic heterocycles. The van der Waals surface area contributed by atoms with Gasteiger partial charge in [0.05, 0.1) is 24.8 Å². The number of nitrogens with two attached hydrogens (primary N) is 1. The van der Waals surface area contributed by atoms with Crippen LogP contribution in [0.5, 0.6) is 5.75 Å². The summed E-state index contributed by atoms with van der Waals surface area (Å²) in [5.74, 6) is 1.39. The van der Waals surface area contributed by atoms with Gasteiger partial charge in [-0.1, -0.05) is 11.8 Å². The summed E-state index contributed by atoms with van der Waals surface area (Å²) in [5.41, 5.74) is 7.10. The van der Waals surface area contributed by atoms with E-state index in [2.05, 4.69) is 9.97 Å². The number of methoxy groups -OCH3 is 1. The molecule has 1 heterocycles. The predicted octanol–water partition coefficient (Wildman–Crippen LogP) is 1.37. The maximum atomic E-state index is 9.09. The number of benzene rings is 1. The normalized spacial score (nSPS) is 14.7. The van der Waals surface area contributed by atoms with Crippen molar-refractivity contribution in [3.05, 3.63) is 18.2 Å². The zero-order valence-electron chi connectivity index (χ0n) is 10.4. The summed E-state index contributed by atoms with van der Waals surface area (Å²) < 4.78 is 5.16. The number of hydrogen-bond acceptors (Lipinski definition) is 5. The fourth-order valence-electron chi connectivity index (χ4n) is 1.44. The van der Waals surface area contributed by atoms with Crippen molar-refractivity contribution in [3.63, 3.8) is 0 Å². The summed E-state index contributed by atoms with van der Waals surface area (Å²) in [6.07, 6.45) is 0. The molecule has 0 spiro atoms. The van der Waals surface area contributed by atoms with E-state index in [0.29, 0.717) is 5.75 Å². The monoisotopic (exact) mass is 267 g/mol. The quantitative estimate of drug-likeness (QED) is 0.713. The van der Waals surface area contributed by atoms with Gasteiger partial charge in [0.1, 0.15) is 5.75 Å². The number of ether oxygens (including phenoxy) is 1. The van der Waals surface area contributed by atoms with Gasteiger partial charge in [-0.2, -0.15) is 0 Å². The Kier molecular flexibility index (Phi) is 3.79. The number of nitrogens with one attached hydrogen (secondary N) is 1. The third-order valence-electron chi connectivity index (χ3n) is 2.57. The molecule has 18 heavy (non-hydrogen) atoms. The molecule has 4 N–H and O–H groups in total. The third-order valence-corrected chi connectivity index (χ3v) is 3.84. The SMILES string of the molecule is COc1ccc2nc(SCC(C)(N)CO)[nH]c2c1. The van der Waals surface area contributed by atoms with Gasteiger partial charge in [0, 0.05) is 17.4 Å². The van der Waals surface area contributed by atoms with Crippen molar-refractivity contribution in [1.29, 1.82) is 0 Å². The van der Waals surface area contributed by atoms with Crippen LogP contribution in [-0.2, 0) is 0 Å². The average molecular weight is 267 g/mol. The van der Waals surface area contributed by atoms with Crippen LogP contribution in [0.3, 0.4) is 0 Å². The molecule has 0 saturated carbocycles. The molecule has 0 aliphatic carbocycles. The predicted molar refractivity (Wildman–Crippen MR) is 73.0 cm³/mol. The van der Waals surface area contributed by atoms with E-state index in [-0.39, 0.29) is 6.61 Å². The van der Waals surface area contributed by atoms with Crippen LogP contribution in [0.2, 0.25) is 0 Å². The lowest BCUT2D eigenvalue weighted by Crippen LogP contribution is -2.42. The maximum Gasteiger partial charge on any atom is 0.166 e. The molecule has 1 aromatic carbocycles. The second kappa shape index (κ2) is 5.17. The molecular formula is C12H17N3O2S. The molecule has 0 bridgehead atoms. The highest BCUT2D eigenvalue weighted by atomic mass is 32.2. The number of hydrogen-bond donors (Lipinski definition) is 3. The molecule has 2 rings (SSSR count). The number of aliphatic hydroxyl groups is 1. The van der Waals surface area contributed by atoms with Crippen LogP contribution in [0.1, 0.15) is 6.92 Å². The topological polar surface area (TPSA) is 84.2 Å². The fourth-order valence-corrected chi connectivity index (χ4v) is 2.34. The number of thioether (sulfide) groups is 1. The van der Waals surface area contributed by atoms with Crippen molar-refractivity contribution in [2.24, 2.45) is 5.73 Å². The molecule has 5 nitrogen and oxygen atoms in total. The van der Waals surface area contributed by atoms with Gasteiger partial charge in [-0.3, -0.25) is 0 Å². The molecule has 1 aromatic heterocycles. The fraction of sp³-hybridized carbons (Fsp3) is 0.417. The first-order valence-corrected chi connectivity index (χ1v) is 6.59. The molecule has 2 aromatic rings. The molecule has 0 radical (unpaired) electrons. The Balaban J connectivity index is 2.15. The Morgan fingerprint density at radius 2 is 2.33 bits per heavy atom. The molecule has 98 valence electrons. The van der Waals surface area contributed by atoms with Crippen molar-refractivity contribution in [2.75, 3.05) is 19.5 Å². The lowest BCUT2D eigenvalue weighted by atomic mass is 10.1. The van der Waals surface area contributed by atoms with E-state index in [9.17, 15) is 0 Å². The maximum absolute atomic E-state index is 9.09. The van der Waals surface area contributed by atoms with Crippen molar-refractivity contribution >= 4 is 22.8 Å². The third kappa shape index (κ3) is 2.95. The molecular weight excluding hydrogens is 250 g/mol. The summed E-state index contributed by atoms with van der Waals surface area (Å²) in [6.45, 7) is 1.76. The number of aromatic amines is 1. The van der Waals surface area contributed by atoms with Crippen molar-refractivity contribution in [1.82, 2.24) is 9.97 Å². The van der Waals surface area contributed by atoms with Crippen LogP contribution in [-0.4, -0.2) is 40.1 Å². The van der Waals surface area contributed by atoms with Crippen molar-refractivity contribution < 1.29 is 9.84 Å². The largest absolute Gasteiger partial charge is 0.497 e. The van der Waals surface area contributed by atoms with Gasteiger partial charge in [0.25, 0.3) is 0 Å². The molecule has 0 amide bonds. The lowest BCUT2D eigenvalue weighted by molar-refractivity contribution is 0.224. The highest BCUT2D eigenvalue weighted by Gasteiger charge is 2.18. The first-order valence-electron chi connectivity index (χ1n) is 5.60. The number of aliphatic hydroxyl groups excluding tert-OH is 1. The summed E-state index contributed by atoms with van der Waals surface area (Å²) >= 11 is 1.50. The molecule has 6 heteroatoms. The minimum Gasteiger partial charge on any atom is -0.497 e. The standard InChI is InChI=1S/C12H17N3O2S/c1-12(13,6-16)7-18-11-14-9-4-3-8(17-2)5-10(9)15-11/h3-5,16H,6-7,13H2,1-2H3,(H,14,15). The van der Waals surface area contributed by atoms with Crippen LogP contribution < -0.4 is 10.5 Å². The summed E-state index contributed by atoms with van der Waals surface area (Å²) in [4.78, 5) is 7.64. The van der Waals surface area contributed by atoms with E-state index >= 15 is 0 Å². The van der Waals surface area contributed by atoms with Gasteiger partial charge in [0.2, 0.25) is 0 Å². The number of rotatable bonds is 5. The van der Waals surface area contributed by atoms with Crippen molar-refractivity contribution in [2.45, 2.75) is 17.6 Å². The molecule has 0 aliphatic rings. The number of imidazole rings is 1. The number of H-pyrrole nitrogens is 1. The zero-order chi connectivity index (χ0) is 13.2. The molecule has 1 atom stereocenters. The van der Waals surface area contributed by atoms with Gasteiger partial charge >= 0.3 is 0 Å². The van der Waals surface area contributed by atoms with Crippen LogP contribution in [0.15, 0.2) is 23.4 Å². The number of nitrogens with zero attached hydrogens (tertiary/aromatic N) is 1. The van der Waals surface area contributed by atoms with Crippen LogP contribution >= 0.6 is 11.8 Å². The van der Waals surface area contributed by atoms with E-state index < -0.39 is 5.54 Å². The first-order chi connectivity index (χ1) is 8.54. The van der Waals surface area contributed by atoms with Gasteiger partial charge in [0.15, 0.2) is 5.16 Å². The smallest absolute Gasteiger partial charge is 0.166 e. The Hall–Kier alpha value is -1.24. The summed E-state index contributed by atoms with van der Waals surface area (Å²) in [6, 6.07) is 5.68. The lowest BCUT2D eigenvalue weighted by Gasteiger charge is -2.19. The van der Waals surface area contributed by atoms with Crippen molar-refractivity contribution in [3.8, 4) is 5.75 Å². The van der Waals surface area contributed by atoms with Gasteiger partial charge < -0.3 is 20.6 Å². The van der Waals surface area contributed by atoms with E-state index in [1.807, 2.05) is 25.1 Å². The van der Waals surface area contributed by atoms with E-state index in [4.69, 9.17) is 15.6 Å².